The molecule has 0 heterocycles. The molecule has 0 fully saturated rings. The fourth-order valence-electron chi connectivity index (χ4n) is 0.144. The molecule has 0 radical (unpaired) electrons. The van der Waals surface area contributed by atoms with Gasteiger partial charge in [0.2, 0.25) is 0 Å². The average molecular weight is 110 g/mol. The quantitative estimate of drug-likeness (QED) is 0.290. The van der Waals surface area contributed by atoms with Crippen LogP contribution < -0.4 is 18.9 Å². The monoisotopic (exact) mass is 110 g/mol. The van der Waals surface area contributed by atoms with Gasteiger partial charge in [-0.3, -0.25) is 4.79 Å². The number of hydrogen-bond acceptors (Lipinski definition) is 2. The first-order valence-electron chi connectivity index (χ1n) is 2.18. The Hall–Kier alpha value is 0.0674. The van der Waals surface area contributed by atoms with E-state index in [0.717, 1.165) is 0 Å². The van der Waals surface area contributed by atoms with Gasteiger partial charge in [0.05, 0.1) is 0 Å². The average Bonchev–Trinajstić information content (AvgIpc) is 1.30. The molecule has 0 unspecified atom stereocenters. The summed E-state index contributed by atoms with van der Waals surface area (Å²) in [5, 5.41) is 0. The van der Waals surface area contributed by atoms with Crippen molar-refractivity contribution in [1.82, 2.24) is 0 Å². The zero-order chi connectivity index (χ0) is 5.91. The minimum atomic E-state index is -0.318. The summed E-state index contributed by atoms with van der Waals surface area (Å²) in [6.45, 7) is 5.92. The molecule has 0 atom stereocenters. The van der Waals surface area contributed by atoms with Gasteiger partial charge in [-0.05, 0) is 20.8 Å². The summed E-state index contributed by atoms with van der Waals surface area (Å²) in [7, 11) is 0. The molecule has 0 aromatic carbocycles. The number of carbonyl (C=O) groups is 1. The first kappa shape index (κ1) is 10.9. The van der Waals surface area contributed by atoms with Crippen molar-refractivity contribution in [3.63, 3.8) is 0 Å². The van der Waals surface area contributed by atoms with Crippen LogP contribution in [0, 0.1) is 0 Å². The van der Waals surface area contributed by atoms with Crippen molar-refractivity contribution in [3.05, 3.63) is 0 Å². The Kier molecular flexibility index (Phi) is 5.47. The van der Waals surface area contributed by atoms with Crippen LogP contribution in [-0.2, 0) is 9.53 Å². The maximum Gasteiger partial charge on any atom is 1.00 e. The largest absolute Gasteiger partial charge is 1.00 e. The normalized spacial score (nSPS) is 9.38. The third kappa shape index (κ3) is 9.42. The minimum Gasteiger partial charge on any atom is -1.00 e. The van der Waals surface area contributed by atoms with Gasteiger partial charge in [-0.15, -0.1) is 0 Å². The maximum absolute atomic E-state index is 9.60. The van der Waals surface area contributed by atoms with Crippen LogP contribution >= 0.6 is 0 Å². The summed E-state index contributed by atoms with van der Waals surface area (Å²) in [4.78, 5) is 9.60. The van der Waals surface area contributed by atoms with Crippen LogP contribution in [0.1, 0.15) is 22.2 Å². The van der Waals surface area contributed by atoms with Crippen LogP contribution in [0.5, 0.6) is 0 Å². The summed E-state index contributed by atoms with van der Waals surface area (Å²) in [6, 6.07) is 0. The first-order valence-corrected chi connectivity index (χ1v) is 2.18. The third-order valence-corrected chi connectivity index (χ3v) is 0.402. The molecule has 0 aliphatic rings. The van der Waals surface area contributed by atoms with Crippen molar-refractivity contribution in [1.29, 1.82) is 0 Å². The third-order valence-electron chi connectivity index (χ3n) is 0.402. The van der Waals surface area contributed by atoms with Gasteiger partial charge in [0.1, 0.15) is 5.60 Å². The molecular formula is C5H11LiO2. The van der Waals surface area contributed by atoms with Crippen LogP contribution in [0.15, 0.2) is 0 Å². The van der Waals surface area contributed by atoms with Crippen molar-refractivity contribution < 1.29 is 29.8 Å². The van der Waals surface area contributed by atoms with Crippen molar-refractivity contribution in [3.8, 4) is 0 Å². The molecule has 0 saturated heterocycles. The predicted molar refractivity (Wildman–Crippen MR) is 28.0 cm³/mol. The van der Waals surface area contributed by atoms with Gasteiger partial charge in [0.25, 0.3) is 6.47 Å². The molecule has 0 aromatic rings. The summed E-state index contributed by atoms with van der Waals surface area (Å²) in [5.41, 5.74) is -0.318. The van der Waals surface area contributed by atoms with E-state index >= 15 is 0 Å². The number of ether oxygens (including phenoxy) is 1. The van der Waals surface area contributed by atoms with E-state index in [1.54, 1.807) is 0 Å². The molecule has 44 valence electrons. The molecule has 0 bridgehead atoms. The van der Waals surface area contributed by atoms with Crippen LogP contribution in [0.4, 0.5) is 0 Å². The zero-order valence-electron chi connectivity index (χ0n) is 6.89. The Bertz CT molecular complexity index is 69.8. The van der Waals surface area contributed by atoms with Gasteiger partial charge < -0.3 is 6.16 Å². The molecule has 0 aliphatic heterocycles. The Morgan fingerprint density at radius 1 is 1.50 bits per heavy atom. The SMILES string of the molecule is CC(C)(C)OC=O.[H-].[Li+]. The van der Waals surface area contributed by atoms with Gasteiger partial charge in [-0.2, -0.15) is 0 Å². The topological polar surface area (TPSA) is 26.3 Å². The second kappa shape index (κ2) is 4.00. The molecule has 3 heteroatoms. The van der Waals surface area contributed by atoms with Gasteiger partial charge in [0, 0.05) is 0 Å². The van der Waals surface area contributed by atoms with Crippen LogP contribution in [-0.4, -0.2) is 12.1 Å². The summed E-state index contributed by atoms with van der Waals surface area (Å²) in [6.07, 6.45) is 0. The number of rotatable bonds is 1. The van der Waals surface area contributed by atoms with Crippen molar-refractivity contribution >= 4 is 6.47 Å². The molecule has 0 rings (SSSR count). The Balaban J connectivity index is -0.000000180. The van der Waals surface area contributed by atoms with Gasteiger partial charge in [-0.25, -0.2) is 0 Å². The van der Waals surface area contributed by atoms with Gasteiger partial charge >= 0.3 is 18.9 Å². The second-order valence-electron chi connectivity index (χ2n) is 2.33. The van der Waals surface area contributed by atoms with E-state index in [2.05, 4.69) is 4.74 Å². The van der Waals surface area contributed by atoms with Crippen molar-refractivity contribution in [2.75, 3.05) is 0 Å². The molecule has 0 saturated carbocycles. The molecule has 8 heavy (non-hydrogen) atoms. The molecule has 0 spiro atoms. The Labute approximate surface area is 63.3 Å². The van der Waals surface area contributed by atoms with E-state index in [-0.39, 0.29) is 25.9 Å². The first-order chi connectivity index (χ1) is 3.06. The van der Waals surface area contributed by atoms with E-state index in [1.165, 1.54) is 0 Å². The molecule has 0 aliphatic carbocycles. The predicted octanol–water partition coefficient (Wildman–Crippen LogP) is -1.93. The summed E-state index contributed by atoms with van der Waals surface area (Å²) < 4.78 is 4.55. The van der Waals surface area contributed by atoms with Gasteiger partial charge in [-0.1, -0.05) is 0 Å². The smallest absolute Gasteiger partial charge is 1.00 e. The fourth-order valence-corrected chi connectivity index (χ4v) is 0.144. The fraction of sp³-hybridized carbons (Fsp3) is 0.800. The molecule has 2 nitrogen and oxygen atoms in total. The zero-order valence-corrected chi connectivity index (χ0v) is 5.89. The molecule has 0 amide bonds. The van der Waals surface area contributed by atoms with Crippen molar-refractivity contribution in [2.24, 2.45) is 0 Å². The van der Waals surface area contributed by atoms with Crippen LogP contribution in [0.25, 0.3) is 0 Å². The molecule has 0 N–H and O–H groups in total. The van der Waals surface area contributed by atoms with Gasteiger partial charge in [0.15, 0.2) is 0 Å². The summed E-state index contributed by atoms with van der Waals surface area (Å²) in [5.74, 6) is 0. The number of hydrogen-bond donors (Lipinski definition) is 0. The van der Waals surface area contributed by atoms with Crippen LogP contribution in [0.3, 0.4) is 0 Å². The Morgan fingerprint density at radius 3 is 1.88 bits per heavy atom. The molecule has 0 aromatic heterocycles. The standard InChI is InChI=1S/C5H10O2.Li.H/c1-5(2,3)7-4-6;;/h4H,1-3H3;;/q;+1;-1. The van der Waals surface area contributed by atoms with E-state index in [4.69, 9.17) is 0 Å². The van der Waals surface area contributed by atoms with Crippen LogP contribution in [0.2, 0.25) is 0 Å². The van der Waals surface area contributed by atoms with E-state index in [9.17, 15) is 4.79 Å². The number of carbonyl (C=O) groups excluding carboxylic acids is 1. The molecular weight excluding hydrogens is 99.0 g/mol. The van der Waals surface area contributed by atoms with Crippen molar-refractivity contribution in [2.45, 2.75) is 26.4 Å². The van der Waals surface area contributed by atoms with E-state index in [0.29, 0.717) is 6.47 Å². The summed E-state index contributed by atoms with van der Waals surface area (Å²) >= 11 is 0. The second-order valence-corrected chi connectivity index (χ2v) is 2.33. The Morgan fingerprint density at radius 2 is 1.88 bits per heavy atom. The van der Waals surface area contributed by atoms with E-state index < -0.39 is 0 Å². The minimum absolute atomic E-state index is 0. The maximum atomic E-state index is 9.60. The van der Waals surface area contributed by atoms with E-state index in [1.807, 2.05) is 20.8 Å².